The van der Waals surface area contributed by atoms with Crippen LogP contribution in [0.5, 0.6) is 5.75 Å². The molecular weight excluding hydrogens is 554 g/mol. The van der Waals surface area contributed by atoms with Crippen molar-refractivity contribution in [3.05, 3.63) is 47.5 Å². The third kappa shape index (κ3) is 4.58. The van der Waals surface area contributed by atoms with Crippen molar-refractivity contribution in [2.24, 2.45) is 34.8 Å². The third-order valence-corrected chi connectivity index (χ3v) is 9.08. The molecule has 2 aromatic carbocycles. The highest BCUT2D eigenvalue weighted by atomic mass is 16.3. The number of hydrogen-bond acceptors (Lipinski definition) is 9. The van der Waals surface area contributed by atoms with E-state index in [1.54, 1.807) is 65.2 Å². The van der Waals surface area contributed by atoms with E-state index in [4.69, 9.17) is 5.73 Å². The second-order valence-electron chi connectivity index (χ2n) is 13.1. The molecule has 2 saturated carbocycles. The number of amides is 2. The minimum atomic E-state index is -2.77. The van der Waals surface area contributed by atoms with Crippen LogP contribution in [0.1, 0.15) is 43.1 Å². The number of Topliss-reactive ketones (excluding diaryl/α,β-unsaturated/α-hetero) is 4. The number of anilines is 1. The summed E-state index contributed by atoms with van der Waals surface area (Å²) in [4.78, 5) is 80.5. The van der Waals surface area contributed by atoms with Crippen LogP contribution in [0.25, 0.3) is 11.1 Å². The third-order valence-electron chi connectivity index (χ3n) is 9.08. The van der Waals surface area contributed by atoms with Crippen LogP contribution in [0.3, 0.4) is 0 Å². The predicted molar refractivity (Wildman–Crippen MR) is 155 cm³/mol. The molecule has 0 spiro atoms. The predicted octanol–water partition coefficient (Wildman–Crippen LogP) is 1.52. The number of carbonyl (C=O) groups is 6. The van der Waals surface area contributed by atoms with E-state index >= 15 is 0 Å². The Labute approximate surface area is 248 Å². The van der Waals surface area contributed by atoms with Gasteiger partial charge in [0.1, 0.15) is 5.75 Å². The van der Waals surface area contributed by atoms with Crippen LogP contribution >= 0.6 is 0 Å². The summed E-state index contributed by atoms with van der Waals surface area (Å²) in [5.41, 5.74) is 4.35. The van der Waals surface area contributed by atoms with Crippen LogP contribution in [0, 0.1) is 29.1 Å². The van der Waals surface area contributed by atoms with Crippen LogP contribution in [0.2, 0.25) is 0 Å². The van der Waals surface area contributed by atoms with Crippen LogP contribution in [-0.2, 0) is 30.4 Å². The fourth-order valence-electron chi connectivity index (χ4n) is 6.93. The van der Waals surface area contributed by atoms with Crippen molar-refractivity contribution in [1.82, 2.24) is 4.90 Å². The standard InChI is InChI=1S/C32H35N3O8/c1-31(2,3)30(42)34-16-8-6-14(7-9-16)17-10-11-20(36)22-18(17)12-15-13-19-24(35(4)5)26(38)23(29(33)41)28(40)32(19,43)27(39)21(15)25(22)37/h6-11,15,19,21,23-24,36,43H,12-13H2,1-5H3,(H2,33,41)(H,34,42). The SMILES string of the molecule is CN(C)C1C(=O)C(C(N)=O)C(=O)C2(O)C(=O)C3C(=O)c4c(O)ccc(-c5ccc(NC(=O)C(C)(C)C)cc5)c4CC3CC12. The first-order valence-corrected chi connectivity index (χ1v) is 14.1. The molecule has 226 valence electrons. The summed E-state index contributed by atoms with van der Waals surface area (Å²) in [6, 6.07) is 8.86. The molecular formula is C32H35N3O8. The number of phenolic OH excluding ortho intramolecular Hbond substituents is 1. The Morgan fingerprint density at radius 2 is 1.63 bits per heavy atom. The number of phenols is 1. The molecule has 43 heavy (non-hydrogen) atoms. The number of aliphatic hydroxyl groups is 1. The summed E-state index contributed by atoms with van der Waals surface area (Å²) in [7, 11) is 3.08. The van der Waals surface area contributed by atoms with Crippen molar-refractivity contribution < 1.29 is 39.0 Å². The zero-order valence-electron chi connectivity index (χ0n) is 24.6. The van der Waals surface area contributed by atoms with E-state index < -0.39 is 69.8 Å². The molecule has 0 saturated heterocycles. The molecule has 0 aromatic heterocycles. The molecule has 6 atom stereocenters. The number of benzene rings is 2. The number of rotatable bonds is 4. The van der Waals surface area contributed by atoms with E-state index in [-0.39, 0.29) is 30.1 Å². The second kappa shape index (κ2) is 10.2. The Bertz CT molecular complexity index is 1590. The van der Waals surface area contributed by atoms with Gasteiger partial charge in [-0.3, -0.25) is 33.7 Å². The Morgan fingerprint density at radius 1 is 1.00 bits per heavy atom. The maximum absolute atomic E-state index is 14.0. The summed E-state index contributed by atoms with van der Waals surface area (Å²) >= 11 is 0. The molecule has 11 nitrogen and oxygen atoms in total. The molecule has 6 unspecified atom stereocenters. The molecule has 2 aromatic rings. The number of ketones is 4. The largest absolute Gasteiger partial charge is 0.507 e. The molecule has 5 rings (SSSR count). The van der Waals surface area contributed by atoms with Crippen molar-refractivity contribution in [2.75, 3.05) is 19.4 Å². The number of likely N-dealkylation sites (N-methyl/N-ethyl adjacent to an activating group) is 1. The molecule has 2 fully saturated rings. The topological polar surface area (TPSA) is 184 Å². The van der Waals surface area contributed by atoms with Gasteiger partial charge in [0, 0.05) is 17.0 Å². The van der Waals surface area contributed by atoms with Crippen molar-refractivity contribution in [1.29, 1.82) is 0 Å². The zero-order chi connectivity index (χ0) is 31.8. The van der Waals surface area contributed by atoms with Crippen LogP contribution < -0.4 is 11.1 Å². The molecule has 11 heteroatoms. The van der Waals surface area contributed by atoms with Gasteiger partial charge in [-0.05, 0) is 67.7 Å². The van der Waals surface area contributed by atoms with Gasteiger partial charge in [-0.1, -0.05) is 39.0 Å². The first kappa shape index (κ1) is 30.2. The zero-order valence-corrected chi connectivity index (χ0v) is 24.6. The summed E-state index contributed by atoms with van der Waals surface area (Å²) in [5.74, 6) is -11.0. The molecule has 0 aliphatic heterocycles. The Balaban J connectivity index is 1.56. The normalized spacial score (nSPS) is 28.7. The van der Waals surface area contributed by atoms with Gasteiger partial charge in [0.05, 0.1) is 17.5 Å². The van der Waals surface area contributed by atoms with Crippen molar-refractivity contribution in [3.8, 4) is 16.9 Å². The minimum Gasteiger partial charge on any atom is -0.507 e. The Kier molecular flexibility index (Phi) is 7.18. The number of nitrogens with one attached hydrogen (secondary N) is 1. The minimum absolute atomic E-state index is 0.0310. The lowest BCUT2D eigenvalue weighted by Crippen LogP contribution is -2.74. The van der Waals surface area contributed by atoms with Gasteiger partial charge in [-0.2, -0.15) is 0 Å². The summed E-state index contributed by atoms with van der Waals surface area (Å²) < 4.78 is 0. The molecule has 0 heterocycles. The number of aromatic hydroxyl groups is 1. The van der Waals surface area contributed by atoms with Gasteiger partial charge >= 0.3 is 0 Å². The van der Waals surface area contributed by atoms with E-state index in [1.165, 1.54) is 11.0 Å². The molecule has 3 aliphatic rings. The van der Waals surface area contributed by atoms with Gasteiger partial charge < -0.3 is 21.3 Å². The highest BCUT2D eigenvalue weighted by Gasteiger charge is 2.69. The molecule has 2 amide bonds. The average Bonchev–Trinajstić information content (AvgIpc) is 2.90. The number of nitrogens with zero attached hydrogens (tertiary/aromatic N) is 1. The summed E-state index contributed by atoms with van der Waals surface area (Å²) in [5, 5.41) is 25.3. The molecule has 0 bridgehead atoms. The summed E-state index contributed by atoms with van der Waals surface area (Å²) in [6.07, 6.45) is 0.120. The smallest absolute Gasteiger partial charge is 0.235 e. The number of carbonyl (C=O) groups excluding carboxylic acids is 6. The first-order chi connectivity index (χ1) is 20.0. The lowest BCUT2D eigenvalue weighted by molar-refractivity contribution is -0.181. The highest BCUT2D eigenvalue weighted by molar-refractivity contribution is 6.32. The molecule has 5 N–H and O–H groups in total. The van der Waals surface area contributed by atoms with E-state index in [0.29, 0.717) is 22.4 Å². The van der Waals surface area contributed by atoms with Crippen molar-refractivity contribution in [2.45, 2.75) is 45.3 Å². The van der Waals surface area contributed by atoms with Gasteiger partial charge in [0.25, 0.3) is 0 Å². The fraction of sp³-hybridized carbons (Fsp3) is 0.438. The molecule has 0 radical (unpaired) electrons. The number of nitrogens with two attached hydrogens (primary N) is 1. The summed E-state index contributed by atoms with van der Waals surface area (Å²) in [6.45, 7) is 5.41. The quantitative estimate of drug-likeness (QED) is 0.384. The van der Waals surface area contributed by atoms with Gasteiger partial charge in [0.2, 0.25) is 11.8 Å². The van der Waals surface area contributed by atoms with E-state index in [0.717, 1.165) is 0 Å². The Morgan fingerprint density at radius 3 is 2.19 bits per heavy atom. The number of hydrogen-bond donors (Lipinski definition) is 4. The van der Waals surface area contributed by atoms with E-state index in [9.17, 15) is 39.0 Å². The maximum atomic E-state index is 14.0. The lowest BCUT2D eigenvalue weighted by atomic mass is 9.52. The maximum Gasteiger partial charge on any atom is 0.235 e. The molecule has 3 aliphatic carbocycles. The van der Waals surface area contributed by atoms with Crippen LogP contribution in [-0.4, -0.2) is 75.8 Å². The first-order valence-electron chi connectivity index (χ1n) is 14.1. The van der Waals surface area contributed by atoms with E-state index in [1.807, 2.05) is 0 Å². The Hall–Kier alpha value is -4.22. The second-order valence-corrected chi connectivity index (χ2v) is 13.1. The van der Waals surface area contributed by atoms with Gasteiger partial charge in [-0.25, -0.2) is 0 Å². The number of primary amides is 1. The van der Waals surface area contributed by atoms with Gasteiger partial charge in [-0.15, -0.1) is 0 Å². The lowest BCUT2D eigenvalue weighted by Gasteiger charge is -2.52. The fourth-order valence-corrected chi connectivity index (χ4v) is 6.93. The van der Waals surface area contributed by atoms with Crippen molar-refractivity contribution in [3.63, 3.8) is 0 Å². The van der Waals surface area contributed by atoms with Gasteiger partial charge in [0.15, 0.2) is 34.7 Å². The highest BCUT2D eigenvalue weighted by Crippen LogP contribution is 2.51. The van der Waals surface area contributed by atoms with Crippen LogP contribution in [0.15, 0.2) is 36.4 Å². The average molecular weight is 590 g/mol. The van der Waals surface area contributed by atoms with Crippen LogP contribution in [0.4, 0.5) is 5.69 Å². The monoisotopic (exact) mass is 589 g/mol. The van der Waals surface area contributed by atoms with Crippen molar-refractivity contribution >= 4 is 40.6 Å². The number of fused-ring (bicyclic) bond motifs is 3. The van der Waals surface area contributed by atoms with E-state index in [2.05, 4.69) is 5.32 Å².